The van der Waals surface area contributed by atoms with Gasteiger partial charge in [0.1, 0.15) is 0 Å². The largest absolute Gasteiger partial charge is 0.342 e. The molecule has 1 amide bonds. The van der Waals surface area contributed by atoms with Gasteiger partial charge in [-0.25, -0.2) is 0 Å². The van der Waals surface area contributed by atoms with Crippen LogP contribution < -0.4 is 0 Å². The summed E-state index contributed by atoms with van der Waals surface area (Å²) >= 11 is 0. The third-order valence-electron chi connectivity index (χ3n) is 2.88. The lowest BCUT2D eigenvalue weighted by Gasteiger charge is -2.14. The lowest BCUT2D eigenvalue weighted by molar-refractivity contribution is -0.129. The van der Waals surface area contributed by atoms with Crippen molar-refractivity contribution in [3.63, 3.8) is 0 Å². The maximum atomic E-state index is 11.6. The van der Waals surface area contributed by atoms with Crippen molar-refractivity contribution in [1.29, 1.82) is 0 Å². The molecule has 0 fully saturated rings. The van der Waals surface area contributed by atoms with Gasteiger partial charge in [-0.1, -0.05) is 37.8 Å². The first-order valence-corrected chi connectivity index (χ1v) is 6.68. The summed E-state index contributed by atoms with van der Waals surface area (Å²) in [5.41, 5.74) is 0. The maximum Gasteiger partial charge on any atom is 0.222 e. The first-order chi connectivity index (χ1) is 8.22. The molecule has 0 rings (SSSR count). The molecule has 0 aromatic rings. The normalized spacial score (nSPS) is 9.94. The lowest BCUT2D eigenvalue weighted by Crippen LogP contribution is -2.26. The van der Waals surface area contributed by atoms with Crippen LogP contribution in [0.1, 0.15) is 51.4 Å². The van der Waals surface area contributed by atoms with E-state index in [0.29, 0.717) is 13.0 Å². The Morgan fingerprint density at radius 2 is 1.59 bits per heavy atom. The standard InChI is InChI=1S/C15H27NO/c1-4-6-7-8-9-10-11-12-13-15(17)16(3)14-5-2/h4-5H,1-2,6-14H2,3H3. The van der Waals surface area contributed by atoms with Crippen molar-refractivity contribution >= 4 is 5.91 Å². The van der Waals surface area contributed by atoms with Crippen molar-refractivity contribution in [3.05, 3.63) is 25.3 Å². The predicted octanol–water partition coefficient (Wildman–Crippen LogP) is 3.94. The SMILES string of the molecule is C=CCCCCCCCCC(=O)N(C)CC=C. The van der Waals surface area contributed by atoms with E-state index in [9.17, 15) is 4.79 Å². The molecular weight excluding hydrogens is 210 g/mol. The van der Waals surface area contributed by atoms with Gasteiger partial charge in [-0.15, -0.1) is 13.2 Å². The summed E-state index contributed by atoms with van der Waals surface area (Å²) in [4.78, 5) is 13.3. The number of amides is 1. The zero-order valence-corrected chi connectivity index (χ0v) is 11.3. The van der Waals surface area contributed by atoms with Crippen LogP contribution >= 0.6 is 0 Å². The second-order valence-electron chi connectivity index (χ2n) is 4.51. The first-order valence-electron chi connectivity index (χ1n) is 6.68. The van der Waals surface area contributed by atoms with Crippen LogP contribution in [0.15, 0.2) is 25.3 Å². The summed E-state index contributed by atoms with van der Waals surface area (Å²) in [7, 11) is 1.83. The van der Waals surface area contributed by atoms with Crippen LogP contribution in [0.3, 0.4) is 0 Å². The second kappa shape index (κ2) is 11.4. The number of hydrogen-bond donors (Lipinski definition) is 0. The third kappa shape index (κ3) is 9.86. The number of carbonyl (C=O) groups is 1. The fraction of sp³-hybridized carbons (Fsp3) is 0.667. The van der Waals surface area contributed by atoms with Crippen LogP contribution in [0.4, 0.5) is 0 Å². The number of likely N-dealkylation sites (N-methyl/N-ethyl adjacent to an activating group) is 1. The number of unbranched alkanes of at least 4 members (excludes halogenated alkanes) is 6. The Kier molecular flexibility index (Phi) is 10.7. The first kappa shape index (κ1) is 16.0. The molecular formula is C15H27NO. The van der Waals surface area contributed by atoms with Gasteiger partial charge in [-0.3, -0.25) is 4.79 Å². The second-order valence-corrected chi connectivity index (χ2v) is 4.51. The number of hydrogen-bond acceptors (Lipinski definition) is 1. The van der Waals surface area contributed by atoms with Crippen LogP contribution in [0, 0.1) is 0 Å². The Labute approximate surface area is 106 Å². The molecule has 0 saturated heterocycles. The molecule has 2 nitrogen and oxygen atoms in total. The van der Waals surface area contributed by atoms with Gasteiger partial charge in [-0.05, 0) is 19.3 Å². The van der Waals surface area contributed by atoms with Gasteiger partial charge >= 0.3 is 0 Å². The topological polar surface area (TPSA) is 20.3 Å². The van der Waals surface area contributed by atoms with E-state index in [4.69, 9.17) is 0 Å². The Morgan fingerprint density at radius 1 is 1.00 bits per heavy atom. The summed E-state index contributed by atoms with van der Waals surface area (Å²) in [6.07, 6.45) is 12.8. The van der Waals surface area contributed by atoms with E-state index in [1.165, 1.54) is 32.1 Å². The summed E-state index contributed by atoms with van der Waals surface area (Å²) in [6.45, 7) is 7.99. The molecule has 0 spiro atoms. The minimum Gasteiger partial charge on any atom is -0.342 e. The average molecular weight is 237 g/mol. The highest BCUT2D eigenvalue weighted by molar-refractivity contribution is 5.75. The molecule has 17 heavy (non-hydrogen) atoms. The smallest absolute Gasteiger partial charge is 0.222 e. The van der Waals surface area contributed by atoms with Crippen LogP contribution in [0.2, 0.25) is 0 Å². The van der Waals surface area contributed by atoms with E-state index in [-0.39, 0.29) is 5.91 Å². The van der Waals surface area contributed by atoms with Gasteiger partial charge < -0.3 is 4.90 Å². The van der Waals surface area contributed by atoms with Gasteiger partial charge in [0, 0.05) is 20.0 Å². The molecule has 0 aromatic heterocycles. The highest BCUT2D eigenvalue weighted by atomic mass is 16.2. The quantitative estimate of drug-likeness (QED) is 0.394. The van der Waals surface area contributed by atoms with E-state index in [1.807, 2.05) is 13.1 Å². The fourth-order valence-electron chi connectivity index (χ4n) is 1.76. The molecule has 0 N–H and O–H groups in total. The molecule has 0 radical (unpaired) electrons. The predicted molar refractivity (Wildman–Crippen MR) is 75.0 cm³/mol. The summed E-state index contributed by atoms with van der Waals surface area (Å²) in [5.74, 6) is 0.233. The lowest BCUT2D eigenvalue weighted by atomic mass is 10.1. The number of carbonyl (C=O) groups excluding carboxylic acids is 1. The van der Waals surface area contributed by atoms with Gasteiger partial charge in [-0.2, -0.15) is 0 Å². The zero-order chi connectivity index (χ0) is 12.9. The molecule has 98 valence electrons. The molecule has 2 heteroatoms. The summed E-state index contributed by atoms with van der Waals surface area (Å²) in [6, 6.07) is 0. The summed E-state index contributed by atoms with van der Waals surface area (Å²) < 4.78 is 0. The van der Waals surface area contributed by atoms with Crippen LogP contribution in [-0.4, -0.2) is 24.4 Å². The molecule has 0 saturated carbocycles. The van der Waals surface area contributed by atoms with E-state index in [1.54, 1.807) is 11.0 Å². The Hall–Kier alpha value is -1.05. The molecule has 0 bridgehead atoms. The fourth-order valence-corrected chi connectivity index (χ4v) is 1.76. The number of allylic oxidation sites excluding steroid dienone is 1. The highest BCUT2D eigenvalue weighted by Crippen LogP contribution is 2.09. The van der Waals surface area contributed by atoms with Crippen LogP contribution in [-0.2, 0) is 4.79 Å². The van der Waals surface area contributed by atoms with Crippen molar-refractivity contribution in [2.45, 2.75) is 51.4 Å². The van der Waals surface area contributed by atoms with Crippen LogP contribution in [0.25, 0.3) is 0 Å². The van der Waals surface area contributed by atoms with Gasteiger partial charge in [0.05, 0.1) is 0 Å². The molecule has 0 aliphatic heterocycles. The number of rotatable bonds is 11. The van der Waals surface area contributed by atoms with Gasteiger partial charge in [0.25, 0.3) is 0 Å². The molecule has 0 aliphatic carbocycles. The summed E-state index contributed by atoms with van der Waals surface area (Å²) in [5, 5.41) is 0. The van der Waals surface area contributed by atoms with Crippen molar-refractivity contribution in [2.24, 2.45) is 0 Å². The van der Waals surface area contributed by atoms with Crippen LogP contribution in [0.5, 0.6) is 0 Å². The number of nitrogens with zero attached hydrogens (tertiary/aromatic N) is 1. The van der Waals surface area contributed by atoms with E-state index < -0.39 is 0 Å². The Balaban J connectivity index is 3.30. The van der Waals surface area contributed by atoms with E-state index >= 15 is 0 Å². The van der Waals surface area contributed by atoms with Gasteiger partial charge in [0.15, 0.2) is 0 Å². The molecule has 0 unspecified atom stereocenters. The third-order valence-corrected chi connectivity index (χ3v) is 2.88. The van der Waals surface area contributed by atoms with Crippen molar-refractivity contribution in [1.82, 2.24) is 4.90 Å². The minimum absolute atomic E-state index is 0.233. The van der Waals surface area contributed by atoms with Crippen molar-refractivity contribution in [3.8, 4) is 0 Å². The zero-order valence-electron chi connectivity index (χ0n) is 11.3. The highest BCUT2D eigenvalue weighted by Gasteiger charge is 2.05. The molecule has 0 aliphatic rings. The van der Waals surface area contributed by atoms with Crippen molar-refractivity contribution in [2.75, 3.05) is 13.6 Å². The monoisotopic (exact) mass is 237 g/mol. The molecule has 0 atom stereocenters. The molecule has 0 aromatic carbocycles. The average Bonchev–Trinajstić information content (AvgIpc) is 2.32. The Morgan fingerprint density at radius 3 is 2.18 bits per heavy atom. The van der Waals surface area contributed by atoms with Crippen molar-refractivity contribution < 1.29 is 4.79 Å². The minimum atomic E-state index is 0.233. The van der Waals surface area contributed by atoms with E-state index in [0.717, 1.165) is 12.8 Å². The maximum absolute atomic E-state index is 11.6. The van der Waals surface area contributed by atoms with E-state index in [2.05, 4.69) is 13.2 Å². The Bertz CT molecular complexity index is 223. The van der Waals surface area contributed by atoms with Gasteiger partial charge in [0.2, 0.25) is 5.91 Å². The molecule has 0 heterocycles.